The Bertz CT molecular complexity index is 1870. The minimum atomic E-state index is -5.71. The molecule has 0 N–H and O–H groups in total. The van der Waals surface area contributed by atoms with Crippen LogP contribution in [0.5, 0.6) is 0 Å². The van der Waals surface area contributed by atoms with E-state index in [1.165, 1.54) is 42.2 Å². The molecule has 0 bridgehead atoms. The van der Waals surface area contributed by atoms with E-state index in [4.69, 9.17) is 0 Å². The number of sulfonamides is 1. The first-order chi connectivity index (χ1) is 22.9. The Morgan fingerprint density at radius 2 is 1.16 bits per heavy atom. The predicted molar refractivity (Wildman–Crippen MR) is 180 cm³/mol. The molecule has 0 amide bonds. The van der Waals surface area contributed by atoms with Gasteiger partial charge in [0.15, 0.2) is 10.0 Å². The molecule has 0 saturated carbocycles. The summed E-state index contributed by atoms with van der Waals surface area (Å²) in [7, 11) is -3.94. The third-order valence-corrected chi connectivity index (χ3v) is 9.54. The van der Waals surface area contributed by atoms with E-state index in [0.29, 0.717) is 16.6 Å². The van der Waals surface area contributed by atoms with E-state index < -0.39 is 21.2 Å². The fourth-order valence-electron chi connectivity index (χ4n) is 4.82. The van der Waals surface area contributed by atoms with Crippen LogP contribution in [0.15, 0.2) is 56.9 Å². The molecule has 2 fully saturated rings. The number of aromatic nitrogens is 4. The molecule has 49 heavy (non-hydrogen) atoms. The molecule has 0 radical (unpaired) electrons. The van der Waals surface area contributed by atoms with Crippen LogP contribution in [0.1, 0.15) is 37.3 Å². The van der Waals surface area contributed by atoms with Gasteiger partial charge in [0.2, 0.25) is 10.3 Å². The van der Waals surface area contributed by atoms with Crippen LogP contribution >= 0.6 is 23.1 Å². The molecule has 0 unspecified atom stereocenters. The van der Waals surface area contributed by atoms with Gasteiger partial charge < -0.3 is 19.8 Å². The van der Waals surface area contributed by atoms with Crippen molar-refractivity contribution in [2.45, 2.75) is 45.0 Å². The van der Waals surface area contributed by atoms with Crippen molar-refractivity contribution in [1.29, 1.82) is 0 Å². The summed E-state index contributed by atoms with van der Waals surface area (Å²) in [5, 5.41) is 21.1. The van der Waals surface area contributed by atoms with Gasteiger partial charge in [-0.05, 0) is 63.8 Å². The molecule has 4 aromatic rings. The summed E-state index contributed by atoms with van der Waals surface area (Å²) in [4.78, 5) is 12.4. The molecule has 0 aliphatic carbocycles. The first-order valence-electron chi connectivity index (χ1n) is 14.8. The third kappa shape index (κ3) is 10.1. The molecule has 21 heteroatoms. The van der Waals surface area contributed by atoms with Crippen molar-refractivity contribution in [2.75, 3.05) is 43.0 Å². The molecular formula is C28H31F3N12NiO2S3. The quantitative estimate of drug-likeness (QED) is 0.120. The number of rotatable bonds is 9. The maximum absolute atomic E-state index is 12.7. The molecule has 6 rings (SSSR count). The molecule has 0 spiro atoms. The molecule has 264 valence electrons. The molecule has 14 nitrogen and oxygen atoms in total. The average Bonchev–Trinajstić information content (AvgIpc) is 3.88. The van der Waals surface area contributed by atoms with Crippen LogP contribution in [-0.4, -0.2) is 65.9 Å². The zero-order valence-corrected chi connectivity index (χ0v) is 29.9. The third-order valence-electron chi connectivity index (χ3n) is 7.13. The van der Waals surface area contributed by atoms with Gasteiger partial charge >= 0.3 is 22.0 Å². The molecule has 2 aliphatic rings. The number of alkyl halides is 3. The maximum Gasteiger partial charge on any atom is 2.00 e. The summed E-state index contributed by atoms with van der Waals surface area (Å²) in [6.45, 7) is 7.19. The number of nitrogens with zero attached hydrogens (tertiary/aromatic N) is 12. The predicted octanol–water partition coefficient (Wildman–Crippen LogP) is 9.21. The number of halogens is 3. The topological polar surface area (TPSA) is 170 Å². The van der Waals surface area contributed by atoms with Crippen LogP contribution in [0.2, 0.25) is 0 Å². The molecule has 4 heterocycles. The number of anilines is 2. The SMILES string of the molecule is C[N-]c1cc(N2CCCC2)ccc1N=Nc1nc(C)ns1.Cc1nsc(N=Nc2ccc(N3CCCC3)cc2[N-]S(=O)(=O)C(F)(F)F)n1.[Ni+2]. The van der Waals surface area contributed by atoms with E-state index in [9.17, 15) is 21.6 Å². The van der Waals surface area contributed by atoms with Crippen LogP contribution in [0.4, 0.5) is 57.6 Å². The first-order valence-corrected chi connectivity index (χ1v) is 17.8. The van der Waals surface area contributed by atoms with E-state index in [2.05, 4.69) is 66.2 Å². The van der Waals surface area contributed by atoms with Gasteiger partial charge in [0, 0.05) is 60.6 Å². The van der Waals surface area contributed by atoms with Crippen molar-refractivity contribution >= 4 is 77.5 Å². The van der Waals surface area contributed by atoms with Crippen LogP contribution in [-0.2, 0) is 26.5 Å². The molecule has 2 saturated heterocycles. The zero-order valence-electron chi connectivity index (χ0n) is 26.5. The Balaban J connectivity index is 0.000000223. The minimum absolute atomic E-state index is 0. The van der Waals surface area contributed by atoms with Crippen molar-refractivity contribution in [1.82, 2.24) is 18.7 Å². The monoisotopic (exact) mass is 778 g/mol. The second kappa shape index (κ2) is 16.7. The summed E-state index contributed by atoms with van der Waals surface area (Å²) in [5.74, 6) is 1.20. The van der Waals surface area contributed by atoms with Gasteiger partial charge in [-0.3, -0.25) is 0 Å². The van der Waals surface area contributed by atoms with Gasteiger partial charge in [0.1, 0.15) is 11.6 Å². The van der Waals surface area contributed by atoms with E-state index in [1.807, 2.05) is 17.9 Å². The Labute approximate surface area is 299 Å². The van der Waals surface area contributed by atoms with Gasteiger partial charge in [-0.2, -0.15) is 21.9 Å². The number of benzene rings is 2. The average molecular weight is 780 g/mol. The number of hydrogen-bond donors (Lipinski definition) is 0. The largest absolute Gasteiger partial charge is 2.00 e. The Morgan fingerprint density at radius 3 is 1.55 bits per heavy atom. The summed E-state index contributed by atoms with van der Waals surface area (Å²) < 4.78 is 72.1. The van der Waals surface area contributed by atoms with Gasteiger partial charge in [0.05, 0.1) is 11.4 Å². The fourth-order valence-corrected chi connectivity index (χ4v) is 6.34. The number of aryl methyl sites for hydroxylation is 2. The summed E-state index contributed by atoms with van der Waals surface area (Å²) in [6.07, 6.45) is 4.42. The van der Waals surface area contributed by atoms with E-state index in [0.717, 1.165) is 67.8 Å². The fraction of sp³-hybridized carbons (Fsp3) is 0.429. The smallest absolute Gasteiger partial charge is 0.685 e. The van der Waals surface area contributed by atoms with Gasteiger partial charge in [-0.25, -0.2) is 18.4 Å². The van der Waals surface area contributed by atoms with E-state index in [-0.39, 0.29) is 27.3 Å². The van der Waals surface area contributed by atoms with Crippen molar-refractivity contribution in [3.63, 3.8) is 0 Å². The molecule has 0 atom stereocenters. The number of azo groups is 2. The van der Waals surface area contributed by atoms with E-state index in [1.54, 1.807) is 20.0 Å². The van der Waals surface area contributed by atoms with Crippen molar-refractivity contribution in [2.24, 2.45) is 20.5 Å². The Hall–Kier alpha value is -3.81. The standard InChI is InChI=1S/C14H14F3N6O2S2.C14H17N6S.Ni/c1-9-18-13(26-21-9)20-19-11-5-4-10(23-6-2-3-7-23)8-12(11)22-27(24,25)14(15,16)17;1-10-16-14(21-19-10)18-17-12-6-5-11(9-13(12)15-2)20-7-3-4-8-20;/h4-5,8H,2-3,6-7H2,1H3;5-6,9H,3-4,7-8H2,1-2H3;/q2*-1;+2. The Morgan fingerprint density at radius 1 is 0.735 bits per heavy atom. The van der Waals surface area contributed by atoms with Gasteiger partial charge in [0.25, 0.3) is 0 Å². The first kappa shape index (κ1) is 38.0. The molecule has 2 aromatic heterocycles. The zero-order chi connectivity index (χ0) is 34.3. The second-order valence-corrected chi connectivity index (χ2v) is 13.7. The minimum Gasteiger partial charge on any atom is -0.685 e. The van der Waals surface area contributed by atoms with Crippen molar-refractivity contribution < 1.29 is 38.1 Å². The maximum atomic E-state index is 12.7. The van der Waals surface area contributed by atoms with Crippen LogP contribution in [0, 0.1) is 13.8 Å². The Kier molecular flexibility index (Phi) is 13.0. The summed E-state index contributed by atoms with van der Waals surface area (Å²) in [6, 6.07) is 10.4. The summed E-state index contributed by atoms with van der Waals surface area (Å²) >= 11 is 2.20. The summed E-state index contributed by atoms with van der Waals surface area (Å²) in [5.41, 5.74) is -2.65. The van der Waals surface area contributed by atoms with Crippen molar-refractivity contribution in [3.8, 4) is 0 Å². The second-order valence-electron chi connectivity index (χ2n) is 10.6. The van der Waals surface area contributed by atoms with Gasteiger partial charge in [-0.15, -0.1) is 33.2 Å². The van der Waals surface area contributed by atoms with Crippen LogP contribution in [0.25, 0.3) is 10.0 Å². The van der Waals surface area contributed by atoms with Gasteiger partial charge in [-0.1, -0.05) is 17.8 Å². The number of hydrogen-bond acceptors (Lipinski definition) is 14. The normalized spacial score (nSPS) is 15.1. The van der Waals surface area contributed by atoms with Crippen molar-refractivity contribution in [3.05, 3.63) is 58.1 Å². The van der Waals surface area contributed by atoms with E-state index >= 15 is 0 Å². The molecule has 2 aliphatic heterocycles. The van der Waals surface area contributed by atoms with Crippen LogP contribution in [0.3, 0.4) is 0 Å². The molecule has 2 aromatic carbocycles. The molecular weight excluding hydrogens is 748 g/mol. The van der Waals surface area contributed by atoms with Crippen LogP contribution < -0.4 is 9.80 Å².